The summed E-state index contributed by atoms with van der Waals surface area (Å²) in [6, 6.07) is 3.88. The molecule has 1 N–H and O–H groups in total. The molecule has 11 nitrogen and oxygen atoms in total. The maximum absolute atomic E-state index is 13.5. The normalized spacial score (nSPS) is 19.5. The van der Waals surface area contributed by atoms with E-state index in [-0.39, 0.29) is 16.1 Å². The Balaban J connectivity index is 1.49. The summed E-state index contributed by atoms with van der Waals surface area (Å²) in [7, 11) is -0.443. The minimum Gasteiger partial charge on any atom is -0.331 e. The Kier molecular flexibility index (Phi) is 6.03. The van der Waals surface area contributed by atoms with Crippen molar-refractivity contribution in [1.29, 1.82) is 5.26 Å². The number of hydrogen-bond donors (Lipinski definition) is 1. The molecule has 0 radical (unpaired) electrons. The van der Waals surface area contributed by atoms with E-state index in [1.165, 1.54) is 22.4 Å². The Morgan fingerprint density at radius 3 is 2.59 bits per heavy atom. The first-order valence-electron chi connectivity index (χ1n) is 12.6. The Bertz CT molecular complexity index is 1690. The van der Waals surface area contributed by atoms with Gasteiger partial charge in [0.2, 0.25) is 10.0 Å². The third-order valence-corrected chi connectivity index (χ3v) is 10.5. The van der Waals surface area contributed by atoms with Crippen LogP contribution in [0.1, 0.15) is 49.6 Å². The van der Waals surface area contributed by atoms with Crippen LogP contribution in [0.25, 0.3) is 21.9 Å². The molecule has 2 aliphatic carbocycles. The molecule has 3 aliphatic rings. The van der Waals surface area contributed by atoms with E-state index in [1.807, 2.05) is 13.0 Å². The number of nitriles is 1. The van der Waals surface area contributed by atoms with E-state index in [2.05, 4.69) is 26.0 Å². The number of urea groups is 1. The summed E-state index contributed by atoms with van der Waals surface area (Å²) in [5.74, 6) is 0.365. The minimum atomic E-state index is -3.86. The monoisotopic (exact) mass is 586 g/mol. The highest BCUT2D eigenvalue weighted by Crippen LogP contribution is 2.49. The molecule has 2 fully saturated rings. The second-order valence-electron chi connectivity index (χ2n) is 10.9. The lowest BCUT2D eigenvalue weighted by atomic mass is 9.99. The molecule has 39 heavy (non-hydrogen) atoms. The molecule has 0 atom stereocenters. The predicted molar refractivity (Wildman–Crippen MR) is 147 cm³/mol. The van der Waals surface area contributed by atoms with Gasteiger partial charge in [0.05, 0.1) is 16.5 Å². The number of nitrogens with zero attached hydrogens (tertiary/aromatic N) is 7. The van der Waals surface area contributed by atoms with Crippen LogP contribution >= 0.6 is 22.9 Å². The molecule has 0 saturated heterocycles. The van der Waals surface area contributed by atoms with Crippen molar-refractivity contribution >= 4 is 50.1 Å². The van der Waals surface area contributed by atoms with Crippen LogP contribution in [0.5, 0.6) is 0 Å². The number of hydrogen-bond acceptors (Lipinski definition) is 8. The first-order chi connectivity index (χ1) is 18.5. The molecule has 0 bridgehead atoms. The number of pyridine rings is 1. The number of rotatable bonds is 6. The lowest BCUT2D eigenvalue weighted by Gasteiger charge is -2.29. The van der Waals surface area contributed by atoms with Crippen LogP contribution in [0.2, 0.25) is 5.15 Å². The van der Waals surface area contributed by atoms with E-state index in [0.717, 1.165) is 31.3 Å². The fourth-order valence-electron chi connectivity index (χ4n) is 4.74. The first-order valence-corrected chi connectivity index (χ1v) is 15.3. The maximum atomic E-state index is 13.5. The molecule has 14 heteroatoms. The van der Waals surface area contributed by atoms with Crippen molar-refractivity contribution < 1.29 is 13.2 Å². The topological polar surface area (TPSA) is 137 Å². The zero-order valence-electron chi connectivity index (χ0n) is 21.7. The molecule has 4 heterocycles. The maximum Gasteiger partial charge on any atom is 0.319 e. The van der Waals surface area contributed by atoms with Crippen molar-refractivity contribution in [3.63, 3.8) is 0 Å². The lowest BCUT2D eigenvalue weighted by Crippen LogP contribution is -2.41. The van der Waals surface area contributed by atoms with Gasteiger partial charge < -0.3 is 9.80 Å². The van der Waals surface area contributed by atoms with Gasteiger partial charge in [-0.15, -0.1) is 10.2 Å². The van der Waals surface area contributed by atoms with Gasteiger partial charge in [-0.25, -0.2) is 22.9 Å². The Morgan fingerprint density at radius 1 is 1.26 bits per heavy atom. The number of imidazole rings is 1. The molecule has 204 valence electrons. The molecule has 3 aromatic rings. The fraction of sp³-hybridized carbons (Fsp3) is 0.480. The van der Waals surface area contributed by atoms with Crippen LogP contribution in [-0.4, -0.2) is 76.6 Å². The number of halogens is 1. The third-order valence-electron chi connectivity index (χ3n) is 7.56. The SMILES string of the molecule is CN(C)C(=O)N1CC=C(c2cc(S(=O)(=O)NC3(C)CC3)cn3c(-c4nnc(C5(C#N)CC5)s4)nc(Cl)c23)CC1. The van der Waals surface area contributed by atoms with E-state index in [9.17, 15) is 18.5 Å². The second-order valence-corrected chi connectivity index (χ2v) is 13.9. The summed E-state index contributed by atoms with van der Waals surface area (Å²) in [5.41, 5.74) is 1.02. The molecule has 2 saturated carbocycles. The number of aromatic nitrogens is 4. The number of amides is 2. The fourth-order valence-corrected chi connectivity index (χ4v) is 7.53. The van der Waals surface area contributed by atoms with Gasteiger partial charge in [0, 0.05) is 44.5 Å². The van der Waals surface area contributed by atoms with Gasteiger partial charge in [-0.05, 0) is 50.7 Å². The number of carbonyl (C=O) groups excluding carboxylic acids is 1. The summed E-state index contributed by atoms with van der Waals surface area (Å²) in [5, 5.41) is 19.4. The number of sulfonamides is 1. The quantitative estimate of drug-likeness (QED) is 0.465. The summed E-state index contributed by atoms with van der Waals surface area (Å²) in [6.07, 6.45) is 7.00. The van der Waals surface area contributed by atoms with Gasteiger partial charge in [-0.1, -0.05) is 29.0 Å². The molecule has 0 unspecified atom stereocenters. The average molecular weight is 587 g/mol. The van der Waals surface area contributed by atoms with Crippen molar-refractivity contribution in [2.24, 2.45) is 0 Å². The standard InChI is InChI=1S/C25H27ClN8O3S2/c1-24(6-7-24)31-39(36,37)16-12-17(15-4-10-33(11-5-15)23(35)32(2)3)18-19(26)28-20(34(18)13-16)21-29-30-22(38-21)25(14-27)8-9-25/h4,12-13,31H,5-11H2,1-3H3. The van der Waals surface area contributed by atoms with Crippen molar-refractivity contribution in [3.05, 3.63) is 34.1 Å². The molecule has 0 aromatic carbocycles. The van der Waals surface area contributed by atoms with Crippen LogP contribution in [0, 0.1) is 11.3 Å². The second kappa shape index (κ2) is 8.99. The molecule has 3 aromatic heterocycles. The Labute approximate surface area is 235 Å². The molecule has 1 aliphatic heterocycles. The van der Waals surface area contributed by atoms with E-state index in [4.69, 9.17) is 11.6 Å². The molecule has 0 spiro atoms. The summed E-state index contributed by atoms with van der Waals surface area (Å²) in [6.45, 7) is 2.76. The van der Waals surface area contributed by atoms with Gasteiger partial charge in [-0.2, -0.15) is 5.26 Å². The smallest absolute Gasteiger partial charge is 0.319 e. The van der Waals surface area contributed by atoms with Crippen molar-refractivity contribution in [2.45, 2.75) is 54.9 Å². The number of fused-ring (bicyclic) bond motifs is 1. The van der Waals surface area contributed by atoms with Gasteiger partial charge in [-0.3, -0.25) is 4.40 Å². The molecule has 2 amide bonds. The zero-order valence-corrected chi connectivity index (χ0v) is 24.1. The van der Waals surface area contributed by atoms with Crippen molar-refractivity contribution in [3.8, 4) is 16.9 Å². The highest BCUT2D eigenvalue weighted by atomic mass is 35.5. The van der Waals surface area contributed by atoms with Crippen molar-refractivity contribution in [1.82, 2.24) is 34.1 Å². The Hall–Kier alpha value is -3.05. The molecular weight excluding hydrogens is 560 g/mol. The molecular formula is C25H27ClN8O3S2. The number of carbonyl (C=O) groups is 1. The highest BCUT2D eigenvalue weighted by Gasteiger charge is 2.48. The van der Waals surface area contributed by atoms with Crippen LogP contribution in [0.3, 0.4) is 0 Å². The first kappa shape index (κ1) is 26.2. The van der Waals surface area contributed by atoms with E-state index in [1.54, 1.807) is 29.5 Å². The van der Waals surface area contributed by atoms with Gasteiger partial charge >= 0.3 is 6.03 Å². The van der Waals surface area contributed by atoms with E-state index >= 15 is 0 Å². The summed E-state index contributed by atoms with van der Waals surface area (Å²) in [4.78, 5) is 20.4. The van der Waals surface area contributed by atoms with Crippen LogP contribution in [0.4, 0.5) is 4.79 Å². The van der Waals surface area contributed by atoms with Crippen LogP contribution < -0.4 is 4.72 Å². The van der Waals surface area contributed by atoms with Gasteiger partial charge in [0.15, 0.2) is 16.0 Å². The van der Waals surface area contributed by atoms with Gasteiger partial charge in [0.1, 0.15) is 10.4 Å². The number of nitrogens with one attached hydrogen (secondary N) is 1. The van der Waals surface area contributed by atoms with Crippen LogP contribution in [0.15, 0.2) is 23.2 Å². The zero-order chi connectivity index (χ0) is 27.7. The lowest BCUT2D eigenvalue weighted by molar-refractivity contribution is 0.176. The highest BCUT2D eigenvalue weighted by molar-refractivity contribution is 7.89. The Morgan fingerprint density at radius 2 is 2.00 bits per heavy atom. The molecule has 6 rings (SSSR count). The largest absolute Gasteiger partial charge is 0.331 e. The third kappa shape index (κ3) is 4.59. The van der Waals surface area contributed by atoms with E-state index < -0.39 is 21.0 Å². The van der Waals surface area contributed by atoms with Crippen molar-refractivity contribution in [2.75, 3.05) is 27.2 Å². The predicted octanol–water partition coefficient (Wildman–Crippen LogP) is 3.66. The van der Waals surface area contributed by atoms with E-state index in [0.29, 0.717) is 46.4 Å². The minimum absolute atomic E-state index is 0.0848. The summed E-state index contributed by atoms with van der Waals surface area (Å²) < 4.78 is 31.5. The summed E-state index contributed by atoms with van der Waals surface area (Å²) >= 11 is 7.97. The van der Waals surface area contributed by atoms with Gasteiger partial charge in [0.25, 0.3) is 0 Å². The van der Waals surface area contributed by atoms with Crippen LogP contribution in [-0.2, 0) is 15.4 Å². The average Bonchev–Trinajstić information content (AvgIpc) is 3.77.